The third-order valence-electron chi connectivity index (χ3n) is 4.25. The second kappa shape index (κ2) is 7.71. The maximum Gasteiger partial charge on any atom is 0.0633 e. The van der Waals surface area contributed by atoms with Gasteiger partial charge in [-0.3, -0.25) is 9.98 Å². The largest absolute Gasteiger partial charge is 0.264 e. The summed E-state index contributed by atoms with van der Waals surface area (Å²) in [6.45, 7) is 8.36. The summed E-state index contributed by atoms with van der Waals surface area (Å²) in [6, 6.07) is 20.8. The molecule has 1 heterocycles. The number of hydrogen-bond donors (Lipinski definition) is 0. The van der Waals surface area contributed by atoms with Crippen molar-refractivity contribution in [2.24, 2.45) is 4.99 Å². The van der Waals surface area contributed by atoms with Gasteiger partial charge in [0.25, 0.3) is 0 Å². The molecule has 2 heteroatoms. The van der Waals surface area contributed by atoms with E-state index in [4.69, 9.17) is 4.99 Å². The average Bonchev–Trinajstić information content (AvgIpc) is 2.68. The molecule has 0 aliphatic carbocycles. The minimum Gasteiger partial charge on any atom is -0.264 e. The molecule has 0 fully saturated rings. The molecule has 0 radical (unpaired) electrons. The summed E-state index contributed by atoms with van der Waals surface area (Å²) in [6.07, 6.45) is 4.67. The molecule has 3 aromatic rings. The first kappa shape index (κ1) is 16.8. The van der Waals surface area contributed by atoms with Crippen LogP contribution in [-0.2, 0) is 6.42 Å². The van der Waals surface area contributed by atoms with Gasteiger partial charge >= 0.3 is 0 Å². The second-order valence-electron chi connectivity index (χ2n) is 6.02. The molecule has 25 heavy (non-hydrogen) atoms. The van der Waals surface area contributed by atoms with Crippen LogP contribution in [0.4, 0.5) is 0 Å². The molecule has 124 valence electrons. The smallest absolute Gasteiger partial charge is 0.0633 e. The van der Waals surface area contributed by atoms with E-state index in [0.29, 0.717) is 0 Å². The normalized spacial score (nSPS) is 11.4. The molecule has 0 aliphatic heterocycles. The van der Waals surface area contributed by atoms with Crippen molar-refractivity contribution in [2.45, 2.75) is 20.3 Å². The van der Waals surface area contributed by atoms with Gasteiger partial charge in [-0.15, -0.1) is 0 Å². The number of rotatable bonds is 5. The Morgan fingerprint density at radius 1 is 0.960 bits per heavy atom. The molecular weight excluding hydrogens is 304 g/mol. The molecule has 0 aliphatic rings. The molecule has 3 rings (SSSR count). The zero-order chi connectivity index (χ0) is 17.6. The molecule has 0 saturated carbocycles. The summed E-state index contributed by atoms with van der Waals surface area (Å²) in [5, 5.41) is 0. The highest BCUT2D eigenvalue weighted by atomic mass is 14.7. The Morgan fingerprint density at radius 2 is 1.72 bits per heavy atom. The summed E-state index contributed by atoms with van der Waals surface area (Å²) in [4.78, 5) is 8.92. The molecule has 0 N–H and O–H groups in total. The summed E-state index contributed by atoms with van der Waals surface area (Å²) in [7, 11) is 0. The number of aryl methyl sites for hydroxylation is 1. The van der Waals surface area contributed by atoms with Gasteiger partial charge < -0.3 is 0 Å². The van der Waals surface area contributed by atoms with Gasteiger partial charge in [0.2, 0.25) is 0 Å². The minimum absolute atomic E-state index is 0.769. The third-order valence-corrected chi connectivity index (χ3v) is 4.25. The van der Waals surface area contributed by atoms with Crippen molar-refractivity contribution in [3.8, 4) is 11.1 Å². The van der Waals surface area contributed by atoms with E-state index in [1.54, 1.807) is 6.20 Å². The third kappa shape index (κ3) is 4.10. The van der Waals surface area contributed by atoms with E-state index in [0.717, 1.165) is 40.1 Å². The Morgan fingerprint density at radius 3 is 2.48 bits per heavy atom. The van der Waals surface area contributed by atoms with Gasteiger partial charge in [0, 0.05) is 29.2 Å². The van der Waals surface area contributed by atoms with Crippen molar-refractivity contribution in [1.29, 1.82) is 0 Å². The fourth-order valence-electron chi connectivity index (χ4n) is 2.76. The van der Waals surface area contributed by atoms with Crippen molar-refractivity contribution >= 4 is 11.4 Å². The molecule has 0 amide bonds. The van der Waals surface area contributed by atoms with E-state index in [1.165, 1.54) is 5.56 Å². The molecule has 0 saturated heterocycles. The van der Waals surface area contributed by atoms with E-state index in [2.05, 4.69) is 61.0 Å². The lowest BCUT2D eigenvalue weighted by molar-refractivity contribution is 1.14. The van der Waals surface area contributed by atoms with Crippen molar-refractivity contribution in [3.05, 3.63) is 96.3 Å². The lowest BCUT2D eigenvalue weighted by Crippen LogP contribution is -1.96. The lowest BCUT2D eigenvalue weighted by atomic mass is 10.0. The maximum atomic E-state index is 4.73. The monoisotopic (exact) mass is 326 g/mol. The Balaban J connectivity index is 1.88. The van der Waals surface area contributed by atoms with Gasteiger partial charge in [0.05, 0.1) is 5.70 Å². The highest BCUT2D eigenvalue weighted by Crippen LogP contribution is 2.23. The number of benzene rings is 2. The molecule has 2 nitrogen and oxygen atoms in total. The Kier molecular flexibility index (Phi) is 5.20. The van der Waals surface area contributed by atoms with Crippen LogP contribution in [0.2, 0.25) is 0 Å². The van der Waals surface area contributed by atoms with Crippen molar-refractivity contribution in [1.82, 2.24) is 4.98 Å². The summed E-state index contributed by atoms with van der Waals surface area (Å²) in [5.41, 5.74) is 7.44. The fourth-order valence-corrected chi connectivity index (χ4v) is 2.76. The highest BCUT2D eigenvalue weighted by Gasteiger charge is 2.04. The predicted octanol–water partition coefficient (Wildman–Crippen LogP) is 5.79. The van der Waals surface area contributed by atoms with E-state index in [1.807, 2.05) is 31.3 Å². The topological polar surface area (TPSA) is 25.2 Å². The Labute approximate surface area is 149 Å². The predicted molar refractivity (Wildman–Crippen MR) is 107 cm³/mol. The van der Waals surface area contributed by atoms with Crippen molar-refractivity contribution in [3.63, 3.8) is 0 Å². The first-order valence-corrected chi connectivity index (χ1v) is 8.51. The Hall–Kier alpha value is -3.00. The fraction of sp³-hybridized carbons (Fsp3) is 0.130. The molecule has 2 aromatic carbocycles. The standard InChI is InChI=1S/C23H22N2/c1-4-19-8-5-9-20(14-19)17(2)25-18(3)21-10-6-11-22(15-21)23-12-7-13-24-16-23/h5-16H,3-4H2,1-2H3. The van der Waals surface area contributed by atoms with Gasteiger partial charge in [-0.05, 0) is 48.2 Å². The first-order valence-electron chi connectivity index (χ1n) is 8.51. The minimum atomic E-state index is 0.769. The quantitative estimate of drug-likeness (QED) is 0.545. The number of nitrogens with zero attached hydrogens (tertiary/aromatic N) is 2. The van der Waals surface area contributed by atoms with Crippen LogP contribution in [-0.4, -0.2) is 10.7 Å². The van der Waals surface area contributed by atoms with Crippen LogP contribution >= 0.6 is 0 Å². The average molecular weight is 326 g/mol. The van der Waals surface area contributed by atoms with Crippen LogP contribution in [0, 0.1) is 0 Å². The molecular formula is C23H22N2. The van der Waals surface area contributed by atoms with Crippen LogP contribution in [0.15, 0.2) is 84.6 Å². The number of aliphatic imine (C=N–C) groups is 1. The van der Waals surface area contributed by atoms with E-state index in [9.17, 15) is 0 Å². The van der Waals surface area contributed by atoms with Crippen LogP contribution < -0.4 is 0 Å². The van der Waals surface area contributed by atoms with Gasteiger partial charge in [-0.1, -0.05) is 56.0 Å². The van der Waals surface area contributed by atoms with Crippen LogP contribution in [0.5, 0.6) is 0 Å². The number of aromatic nitrogens is 1. The van der Waals surface area contributed by atoms with Gasteiger partial charge in [-0.2, -0.15) is 0 Å². The lowest BCUT2D eigenvalue weighted by Gasteiger charge is -2.08. The van der Waals surface area contributed by atoms with E-state index in [-0.39, 0.29) is 0 Å². The SMILES string of the molecule is C=C(N=C(C)c1cccc(CC)c1)c1cccc(-c2cccnc2)c1. The summed E-state index contributed by atoms with van der Waals surface area (Å²) >= 11 is 0. The molecule has 0 spiro atoms. The van der Waals surface area contributed by atoms with Crippen LogP contribution in [0.1, 0.15) is 30.5 Å². The zero-order valence-corrected chi connectivity index (χ0v) is 14.7. The number of hydrogen-bond acceptors (Lipinski definition) is 2. The summed E-state index contributed by atoms with van der Waals surface area (Å²) in [5.74, 6) is 0. The highest BCUT2D eigenvalue weighted by molar-refractivity contribution is 6.01. The maximum absolute atomic E-state index is 4.73. The van der Waals surface area contributed by atoms with E-state index < -0.39 is 0 Å². The zero-order valence-electron chi connectivity index (χ0n) is 14.7. The van der Waals surface area contributed by atoms with E-state index >= 15 is 0 Å². The van der Waals surface area contributed by atoms with Crippen LogP contribution in [0.3, 0.4) is 0 Å². The van der Waals surface area contributed by atoms with Gasteiger partial charge in [0.15, 0.2) is 0 Å². The molecule has 0 unspecified atom stereocenters. The van der Waals surface area contributed by atoms with Crippen molar-refractivity contribution < 1.29 is 0 Å². The van der Waals surface area contributed by atoms with Gasteiger partial charge in [-0.25, -0.2) is 0 Å². The number of pyridine rings is 1. The first-order chi connectivity index (χ1) is 12.2. The van der Waals surface area contributed by atoms with Crippen LogP contribution in [0.25, 0.3) is 16.8 Å². The second-order valence-corrected chi connectivity index (χ2v) is 6.02. The summed E-state index contributed by atoms with van der Waals surface area (Å²) < 4.78 is 0. The molecule has 0 bridgehead atoms. The molecule has 0 atom stereocenters. The van der Waals surface area contributed by atoms with Gasteiger partial charge in [0.1, 0.15) is 0 Å². The molecule has 1 aromatic heterocycles. The Bertz CT molecular complexity index is 908. The van der Waals surface area contributed by atoms with Crippen molar-refractivity contribution in [2.75, 3.05) is 0 Å².